The van der Waals surface area contributed by atoms with Crippen LogP contribution in [0.5, 0.6) is 0 Å². The Morgan fingerprint density at radius 1 is 1.44 bits per heavy atom. The Balaban J connectivity index is 1.58. The van der Waals surface area contributed by atoms with Gasteiger partial charge in [0, 0.05) is 24.4 Å². The number of nitrogens with one attached hydrogen (secondary N) is 1. The number of nitrogens with zero attached hydrogens (tertiary/aromatic N) is 5. The highest BCUT2D eigenvalue weighted by atomic mass is 32.2. The third-order valence-electron chi connectivity index (χ3n) is 4.57. The monoisotopic (exact) mass is 386 g/mol. The highest BCUT2D eigenvalue weighted by molar-refractivity contribution is 7.99. The van der Waals surface area contributed by atoms with Crippen LogP contribution in [0.4, 0.5) is 0 Å². The first-order valence-corrected chi connectivity index (χ1v) is 9.53. The van der Waals surface area contributed by atoms with Gasteiger partial charge < -0.3 is 14.3 Å². The van der Waals surface area contributed by atoms with E-state index in [0.29, 0.717) is 16.8 Å². The summed E-state index contributed by atoms with van der Waals surface area (Å²) in [6.45, 7) is 2.61. The van der Waals surface area contributed by atoms with Crippen LogP contribution in [-0.4, -0.2) is 48.5 Å². The molecule has 1 aliphatic rings. The van der Waals surface area contributed by atoms with E-state index in [1.807, 2.05) is 0 Å². The standard InChI is InChI=1S/C17H18N6O3S/c1-9-5-11(16(25)26-2)13-14(19-9)20-17(21-15(13)24)27-7-10-3-4-12-22-18-8-23(12)6-10/h5,8,10H,3-4,6-7H2,1-2H3,(H,19,20,21,24). The number of thioether (sulfide) groups is 1. The number of rotatable bonds is 4. The number of aryl methyl sites for hydroxylation is 2. The van der Waals surface area contributed by atoms with E-state index >= 15 is 0 Å². The van der Waals surface area contributed by atoms with Crippen LogP contribution in [-0.2, 0) is 17.7 Å². The third-order valence-corrected chi connectivity index (χ3v) is 5.68. The molecule has 0 saturated carbocycles. The molecule has 0 spiro atoms. The maximum Gasteiger partial charge on any atom is 0.338 e. The topological polar surface area (TPSA) is 116 Å². The fraction of sp³-hybridized carbons (Fsp3) is 0.412. The number of aromatic nitrogens is 6. The molecule has 1 aliphatic heterocycles. The molecule has 1 N–H and O–H groups in total. The third kappa shape index (κ3) is 3.44. The van der Waals surface area contributed by atoms with Gasteiger partial charge in [0.15, 0.2) is 10.8 Å². The first kappa shape index (κ1) is 17.7. The molecule has 140 valence electrons. The minimum absolute atomic E-state index is 0.156. The molecule has 3 aromatic rings. The number of carbonyl (C=O) groups is 1. The van der Waals surface area contributed by atoms with Crippen molar-refractivity contribution < 1.29 is 9.53 Å². The average Bonchev–Trinajstić information content (AvgIpc) is 3.12. The fourth-order valence-electron chi connectivity index (χ4n) is 3.25. The number of pyridine rings is 1. The van der Waals surface area contributed by atoms with Crippen LogP contribution < -0.4 is 5.56 Å². The van der Waals surface area contributed by atoms with Crippen molar-refractivity contribution in [1.82, 2.24) is 29.7 Å². The van der Waals surface area contributed by atoms with Crippen molar-refractivity contribution >= 4 is 28.8 Å². The van der Waals surface area contributed by atoms with E-state index in [1.54, 1.807) is 13.3 Å². The van der Waals surface area contributed by atoms with Gasteiger partial charge in [0.1, 0.15) is 12.2 Å². The second kappa shape index (κ2) is 7.10. The van der Waals surface area contributed by atoms with Gasteiger partial charge in [0.05, 0.1) is 18.1 Å². The first-order valence-electron chi connectivity index (χ1n) is 8.54. The summed E-state index contributed by atoms with van der Waals surface area (Å²) in [5, 5.41) is 8.69. The Labute approximate surface area is 158 Å². The average molecular weight is 386 g/mol. The molecular formula is C17H18N6O3S. The van der Waals surface area contributed by atoms with Gasteiger partial charge >= 0.3 is 5.97 Å². The Morgan fingerprint density at radius 2 is 2.30 bits per heavy atom. The van der Waals surface area contributed by atoms with Gasteiger partial charge in [-0.2, -0.15) is 0 Å². The van der Waals surface area contributed by atoms with E-state index < -0.39 is 5.97 Å². The second-order valence-electron chi connectivity index (χ2n) is 6.49. The summed E-state index contributed by atoms with van der Waals surface area (Å²) in [5.41, 5.74) is 0.647. The highest BCUT2D eigenvalue weighted by Gasteiger charge is 2.21. The van der Waals surface area contributed by atoms with Crippen molar-refractivity contribution in [3.8, 4) is 0 Å². The van der Waals surface area contributed by atoms with Crippen LogP contribution in [0.1, 0.15) is 28.3 Å². The molecule has 0 radical (unpaired) electrons. The van der Waals surface area contributed by atoms with Gasteiger partial charge in [0.25, 0.3) is 5.56 Å². The van der Waals surface area contributed by atoms with Crippen molar-refractivity contribution in [3.63, 3.8) is 0 Å². The molecule has 0 bridgehead atoms. The SMILES string of the molecule is COC(=O)c1cc(C)nc2nc(SCC3CCc4nncn4C3)[nH]c(=O)c12. The minimum atomic E-state index is -0.579. The van der Waals surface area contributed by atoms with E-state index in [1.165, 1.54) is 24.9 Å². The van der Waals surface area contributed by atoms with Gasteiger partial charge in [-0.15, -0.1) is 10.2 Å². The number of ether oxygens (including phenoxy) is 1. The maximum absolute atomic E-state index is 12.6. The number of hydrogen-bond acceptors (Lipinski definition) is 8. The van der Waals surface area contributed by atoms with E-state index in [2.05, 4.69) is 29.7 Å². The first-order chi connectivity index (χ1) is 13.0. The summed E-state index contributed by atoms with van der Waals surface area (Å²) in [6.07, 6.45) is 3.67. The van der Waals surface area contributed by atoms with Gasteiger partial charge in [-0.05, 0) is 25.3 Å². The van der Waals surface area contributed by atoms with E-state index in [4.69, 9.17) is 4.74 Å². The predicted molar refractivity (Wildman–Crippen MR) is 98.8 cm³/mol. The summed E-state index contributed by atoms with van der Waals surface area (Å²) in [7, 11) is 1.28. The Kier molecular flexibility index (Phi) is 4.65. The van der Waals surface area contributed by atoms with E-state index in [-0.39, 0.29) is 22.2 Å². The molecule has 4 rings (SSSR count). The zero-order valence-corrected chi connectivity index (χ0v) is 15.7. The fourth-order valence-corrected chi connectivity index (χ4v) is 4.23. The largest absolute Gasteiger partial charge is 0.465 e. The molecule has 1 unspecified atom stereocenters. The predicted octanol–water partition coefficient (Wildman–Crippen LogP) is 1.36. The number of fused-ring (bicyclic) bond motifs is 2. The number of carbonyl (C=O) groups excluding carboxylic acids is 1. The Morgan fingerprint density at radius 3 is 3.11 bits per heavy atom. The minimum Gasteiger partial charge on any atom is -0.465 e. The molecule has 27 heavy (non-hydrogen) atoms. The summed E-state index contributed by atoms with van der Waals surface area (Å²) < 4.78 is 6.84. The molecule has 3 aromatic heterocycles. The maximum atomic E-state index is 12.6. The Bertz CT molecular complexity index is 1080. The molecule has 0 aliphatic carbocycles. The van der Waals surface area contributed by atoms with Gasteiger partial charge in [-0.1, -0.05) is 11.8 Å². The summed E-state index contributed by atoms with van der Waals surface area (Å²) >= 11 is 1.48. The molecule has 0 saturated heterocycles. The normalized spacial score (nSPS) is 16.3. The zero-order chi connectivity index (χ0) is 19.0. The quantitative estimate of drug-likeness (QED) is 0.406. The summed E-state index contributed by atoms with van der Waals surface area (Å²) in [6, 6.07) is 1.54. The lowest BCUT2D eigenvalue weighted by Crippen LogP contribution is -2.22. The molecule has 0 aromatic carbocycles. The van der Waals surface area contributed by atoms with Crippen molar-refractivity contribution in [2.24, 2.45) is 5.92 Å². The van der Waals surface area contributed by atoms with Gasteiger partial charge in [-0.3, -0.25) is 4.79 Å². The number of hydrogen-bond donors (Lipinski definition) is 1. The lowest BCUT2D eigenvalue weighted by Gasteiger charge is -2.22. The van der Waals surface area contributed by atoms with Crippen molar-refractivity contribution in [2.75, 3.05) is 12.9 Å². The lowest BCUT2D eigenvalue weighted by molar-refractivity contribution is 0.0602. The van der Waals surface area contributed by atoms with Crippen LogP contribution in [0.3, 0.4) is 0 Å². The van der Waals surface area contributed by atoms with E-state index in [9.17, 15) is 9.59 Å². The van der Waals surface area contributed by atoms with Crippen molar-refractivity contribution in [1.29, 1.82) is 0 Å². The molecule has 0 fully saturated rings. The molecule has 1 atom stereocenters. The Hall–Kier alpha value is -2.75. The number of methoxy groups -OCH3 is 1. The molecular weight excluding hydrogens is 368 g/mol. The van der Waals surface area contributed by atoms with Crippen LogP contribution in [0.25, 0.3) is 11.0 Å². The second-order valence-corrected chi connectivity index (χ2v) is 7.50. The van der Waals surface area contributed by atoms with E-state index in [0.717, 1.165) is 31.0 Å². The summed E-state index contributed by atoms with van der Waals surface area (Å²) in [4.78, 5) is 36.1. The van der Waals surface area contributed by atoms with Gasteiger partial charge in [-0.25, -0.2) is 14.8 Å². The van der Waals surface area contributed by atoms with Crippen molar-refractivity contribution in [3.05, 3.63) is 39.8 Å². The van der Waals surface area contributed by atoms with Crippen LogP contribution >= 0.6 is 11.8 Å². The smallest absolute Gasteiger partial charge is 0.338 e. The molecule has 9 nitrogen and oxygen atoms in total. The number of aromatic amines is 1. The zero-order valence-electron chi connectivity index (χ0n) is 14.9. The van der Waals surface area contributed by atoms with Crippen LogP contribution in [0.15, 0.2) is 22.3 Å². The summed E-state index contributed by atoms with van der Waals surface area (Å²) in [5.74, 6) is 1.69. The molecule has 4 heterocycles. The molecule has 10 heteroatoms. The highest BCUT2D eigenvalue weighted by Crippen LogP contribution is 2.25. The van der Waals surface area contributed by atoms with Crippen molar-refractivity contribution in [2.45, 2.75) is 31.5 Å². The van der Waals surface area contributed by atoms with Crippen LogP contribution in [0.2, 0.25) is 0 Å². The lowest BCUT2D eigenvalue weighted by atomic mass is 10.0. The van der Waals surface area contributed by atoms with Gasteiger partial charge in [0.2, 0.25) is 0 Å². The van der Waals surface area contributed by atoms with Crippen LogP contribution in [0, 0.1) is 12.8 Å². The number of H-pyrrole nitrogens is 1. The molecule has 0 amide bonds. The number of esters is 1.